The molecule has 0 saturated carbocycles. The van der Waals surface area contributed by atoms with Crippen molar-refractivity contribution in [1.29, 1.82) is 0 Å². The van der Waals surface area contributed by atoms with Crippen molar-refractivity contribution in [1.82, 2.24) is 15.4 Å². The van der Waals surface area contributed by atoms with Crippen LogP contribution in [0.4, 0.5) is 0 Å². The van der Waals surface area contributed by atoms with Crippen LogP contribution in [-0.4, -0.2) is 35.1 Å². The molecule has 132 valence electrons. The van der Waals surface area contributed by atoms with E-state index in [-0.39, 0.29) is 12.6 Å². The third-order valence-corrected chi connectivity index (χ3v) is 4.35. The fraction of sp³-hybridized carbons (Fsp3) is 0.211. The lowest BCUT2D eigenvalue weighted by Crippen LogP contribution is -1.98. The lowest BCUT2D eigenvalue weighted by atomic mass is 10.00. The fourth-order valence-electron chi connectivity index (χ4n) is 3.09. The summed E-state index contributed by atoms with van der Waals surface area (Å²) in [4.78, 5) is 11.9. The molecule has 2 aromatic carbocycles. The number of carbonyl (C=O) groups is 1. The van der Waals surface area contributed by atoms with Gasteiger partial charge in [-0.15, -0.1) is 5.10 Å². The minimum absolute atomic E-state index is 0.0725. The predicted octanol–water partition coefficient (Wildman–Crippen LogP) is 3.39. The number of aromatic amines is 1. The highest BCUT2D eigenvalue weighted by atomic mass is 16.7. The van der Waals surface area contributed by atoms with Gasteiger partial charge in [0.15, 0.2) is 17.3 Å². The van der Waals surface area contributed by atoms with Gasteiger partial charge in [0, 0.05) is 11.1 Å². The van der Waals surface area contributed by atoms with Gasteiger partial charge in [0.05, 0.1) is 18.4 Å². The Balaban J connectivity index is 1.83. The molecule has 0 fully saturated rings. The zero-order valence-electron chi connectivity index (χ0n) is 14.6. The molecule has 3 aromatic rings. The summed E-state index contributed by atoms with van der Waals surface area (Å²) in [5.41, 5.74) is 4.51. The monoisotopic (exact) mass is 351 g/mol. The van der Waals surface area contributed by atoms with Gasteiger partial charge >= 0.3 is 0 Å². The number of ether oxygens (including phenoxy) is 3. The van der Waals surface area contributed by atoms with Crippen LogP contribution >= 0.6 is 0 Å². The highest BCUT2D eigenvalue weighted by molar-refractivity contribution is 5.98. The van der Waals surface area contributed by atoms with Crippen molar-refractivity contribution in [3.8, 4) is 39.8 Å². The van der Waals surface area contributed by atoms with Crippen molar-refractivity contribution in [2.75, 3.05) is 13.9 Å². The Bertz CT molecular complexity index is 1010. The van der Waals surface area contributed by atoms with E-state index in [4.69, 9.17) is 14.2 Å². The molecule has 0 bridgehead atoms. The number of ketones is 1. The Morgan fingerprint density at radius 3 is 2.81 bits per heavy atom. The van der Waals surface area contributed by atoms with Crippen molar-refractivity contribution >= 4 is 5.78 Å². The lowest BCUT2D eigenvalue weighted by molar-refractivity contribution is 0.101. The first-order chi connectivity index (χ1) is 12.6. The standard InChI is InChI=1S/C19H17N3O4/c1-10-6-13(8-16-19(10)26-9-25-16)18-17(20-22-21-18)12-4-5-15(24-3)14(7-12)11(2)23/h4-8H,9H2,1-3H3,(H,20,21,22). The van der Waals surface area contributed by atoms with Gasteiger partial charge in [-0.3, -0.25) is 9.89 Å². The Morgan fingerprint density at radius 1 is 1.19 bits per heavy atom. The van der Waals surface area contributed by atoms with Crippen LogP contribution in [0, 0.1) is 6.92 Å². The van der Waals surface area contributed by atoms with Crippen molar-refractivity contribution in [3.05, 3.63) is 41.5 Å². The molecule has 26 heavy (non-hydrogen) atoms. The number of hydrogen-bond donors (Lipinski definition) is 1. The maximum absolute atomic E-state index is 11.9. The van der Waals surface area contributed by atoms with Crippen LogP contribution < -0.4 is 14.2 Å². The minimum Gasteiger partial charge on any atom is -0.496 e. The topological polar surface area (TPSA) is 86.3 Å². The van der Waals surface area contributed by atoms with Crippen molar-refractivity contribution in [3.63, 3.8) is 0 Å². The molecule has 0 atom stereocenters. The van der Waals surface area contributed by atoms with E-state index in [1.165, 1.54) is 6.92 Å². The Kier molecular flexibility index (Phi) is 3.84. The van der Waals surface area contributed by atoms with E-state index in [0.717, 1.165) is 22.4 Å². The quantitative estimate of drug-likeness (QED) is 0.725. The molecule has 2 heterocycles. The number of rotatable bonds is 4. The van der Waals surface area contributed by atoms with Crippen LogP contribution in [0.15, 0.2) is 30.3 Å². The molecular formula is C19H17N3O4. The second-order valence-electron chi connectivity index (χ2n) is 6.03. The first-order valence-corrected chi connectivity index (χ1v) is 8.09. The van der Waals surface area contributed by atoms with Crippen molar-refractivity contribution < 1.29 is 19.0 Å². The molecule has 0 unspecified atom stereocenters. The van der Waals surface area contributed by atoms with Crippen molar-refractivity contribution in [2.24, 2.45) is 0 Å². The second kappa shape index (κ2) is 6.18. The number of H-pyrrole nitrogens is 1. The Labute approximate surface area is 149 Å². The average Bonchev–Trinajstić information content (AvgIpc) is 3.30. The van der Waals surface area contributed by atoms with Crippen LogP contribution in [-0.2, 0) is 0 Å². The molecule has 0 radical (unpaired) electrons. The van der Waals surface area contributed by atoms with E-state index in [9.17, 15) is 4.79 Å². The molecule has 1 aliphatic rings. The van der Waals surface area contributed by atoms with Crippen LogP contribution in [0.3, 0.4) is 0 Å². The molecule has 7 heteroatoms. The van der Waals surface area contributed by atoms with E-state index < -0.39 is 0 Å². The number of hydrogen-bond acceptors (Lipinski definition) is 6. The van der Waals surface area contributed by atoms with E-state index >= 15 is 0 Å². The SMILES string of the molecule is COc1ccc(-c2[nH]nnc2-c2cc(C)c3c(c2)OCO3)cc1C(C)=O. The number of benzene rings is 2. The van der Waals surface area contributed by atoms with Crippen LogP contribution in [0.5, 0.6) is 17.2 Å². The van der Waals surface area contributed by atoms with E-state index in [0.29, 0.717) is 28.5 Å². The molecule has 0 aliphatic carbocycles. The summed E-state index contributed by atoms with van der Waals surface area (Å²) in [6.07, 6.45) is 0. The maximum atomic E-state index is 11.9. The summed E-state index contributed by atoms with van der Waals surface area (Å²) >= 11 is 0. The van der Waals surface area contributed by atoms with Crippen LogP contribution in [0.1, 0.15) is 22.8 Å². The summed E-state index contributed by atoms with van der Waals surface area (Å²) in [7, 11) is 1.54. The number of aromatic nitrogens is 3. The maximum Gasteiger partial charge on any atom is 0.231 e. The number of carbonyl (C=O) groups excluding carboxylic acids is 1. The molecular weight excluding hydrogens is 334 g/mol. The van der Waals surface area contributed by atoms with Crippen molar-refractivity contribution in [2.45, 2.75) is 13.8 Å². The highest BCUT2D eigenvalue weighted by Crippen LogP contribution is 2.40. The van der Waals surface area contributed by atoms with Gasteiger partial charge in [0.25, 0.3) is 0 Å². The van der Waals surface area contributed by atoms with Gasteiger partial charge in [0.2, 0.25) is 6.79 Å². The smallest absolute Gasteiger partial charge is 0.231 e. The average molecular weight is 351 g/mol. The van der Waals surface area contributed by atoms with E-state index in [1.54, 1.807) is 19.2 Å². The van der Waals surface area contributed by atoms with Crippen LogP contribution in [0.2, 0.25) is 0 Å². The largest absolute Gasteiger partial charge is 0.496 e. The zero-order chi connectivity index (χ0) is 18.3. The van der Waals surface area contributed by atoms with Gasteiger partial charge in [0.1, 0.15) is 11.4 Å². The third kappa shape index (κ3) is 2.57. The lowest BCUT2D eigenvalue weighted by Gasteiger charge is -2.09. The highest BCUT2D eigenvalue weighted by Gasteiger charge is 2.21. The molecule has 1 N–H and O–H groups in total. The summed E-state index contributed by atoms with van der Waals surface area (Å²) in [6.45, 7) is 3.68. The second-order valence-corrected chi connectivity index (χ2v) is 6.03. The van der Waals surface area contributed by atoms with Crippen LogP contribution in [0.25, 0.3) is 22.5 Å². The van der Waals surface area contributed by atoms with E-state index in [2.05, 4.69) is 15.4 Å². The molecule has 0 spiro atoms. The predicted molar refractivity (Wildman–Crippen MR) is 94.7 cm³/mol. The van der Waals surface area contributed by atoms with Gasteiger partial charge in [-0.2, -0.15) is 0 Å². The summed E-state index contributed by atoms with van der Waals surface area (Å²) in [5.74, 6) is 1.90. The number of methoxy groups -OCH3 is 1. The number of nitrogens with zero attached hydrogens (tertiary/aromatic N) is 2. The molecule has 7 nitrogen and oxygen atoms in total. The summed E-state index contributed by atoms with van der Waals surface area (Å²) in [5, 5.41) is 11.1. The number of aryl methyl sites for hydroxylation is 1. The minimum atomic E-state index is -0.0725. The molecule has 0 amide bonds. The number of nitrogens with one attached hydrogen (secondary N) is 1. The van der Waals surface area contributed by atoms with Gasteiger partial charge in [-0.1, -0.05) is 5.21 Å². The molecule has 4 rings (SSSR count). The first-order valence-electron chi connectivity index (χ1n) is 8.09. The van der Waals surface area contributed by atoms with Gasteiger partial charge < -0.3 is 14.2 Å². The third-order valence-electron chi connectivity index (χ3n) is 4.35. The molecule has 1 aromatic heterocycles. The summed E-state index contributed by atoms with van der Waals surface area (Å²) < 4.78 is 16.2. The molecule has 0 saturated heterocycles. The Morgan fingerprint density at radius 2 is 2.04 bits per heavy atom. The van der Waals surface area contributed by atoms with Gasteiger partial charge in [-0.25, -0.2) is 0 Å². The van der Waals surface area contributed by atoms with E-state index in [1.807, 2.05) is 25.1 Å². The fourth-order valence-corrected chi connectivity index (χ4v) is 3.09. The Hall–Kier alpha value is -3.35. The normalized spacial score (nSPS) is 12.3. The summed E-state index contributed by atoms with van der Waals surface area (Å²) in [6, 6.07) is 9.27. The first kappa shape index (κ1) is 16.1. The molecule has 1 aliphatic heterocycles. The zero-order valence-corrected chi connectivity index (χ0v) is 14.6. The number of Topliss-reactive ketones (excluding diaryl/α,β-unsaturated/α-hetero) is 1. The number of fused-ring (bicyclic) bond motifs is 1. The van der Waals surface area contributed by atoms with Gasteiger partial charge in [-0.05, 0) is 49.7 Å².